The van der Waals surface area contributed by atoms with Gasteiger partial charge in [0.15, 0.2) is 0 Å². The lowest BCUT2D eigenvalue weighted by atomic mass is 10.2. The molecule has 1 N–H and O–H groups in total. The molecule has 2 rings (SSSR count). The molecule has 1 heterocycles. The van der Waals surface area contributed by atoms with E-state index in [4.69, 9.17) is 16.3 Å². The first-order chi connectivity index (χ1) is 9.10. The number of carbonyl (C=O) groups excluding carboxylic acids is 1. The average molecular weight is 342 g/mol. The van der Waals surface area contributed by atoms with Gasteiger partial charge in [0.2, 0.25) is 0 Å². The number of ether oxygens (including phenoxy) is 1. The van der Waals surface area contributed by atoms with Crippen LogP contribution in [0.1, 0.15) is 10.4 Å². The van der Waals surface area contributed by atoms with Gasteiger partial charge in [-0.1, -0.05) is 27.5 Å². The molecule has 0 spiro atoms. The summed E-state index contributed by atoms with van der Waals surface area (Å²) in [6.45, 7) is 0. The van der Waals surface area contributed by atoms with Crippen LogP contribution in [0.2, 0.25) is 5.15 Å². The first-order valence-electron chi connectivity index (χ1n) is 5.36. The van der Waals surface area contributed by atoms with Gasteiger partial charge in [0, 0.05) is 22.4 Å². The van der Waals surface area contributed by atoms with Crippen LogP contribution in [0.4, 0.5) is 5.69 Å². The molecule has 0 saturated heterocycles. The molecule has 0 saturated carbocycles. The molecule has 0 atom stereocenters. The Bertz CT molecular complexity index is 619. The van der Waals surface area contributed by atoms with E-state index < -0.39 is 0 Å². The van der Waals surface area contributed by atoms with E-state index in [0.29, 0.717) is 17.0 Å². The Morgan fingerprint density at radius 2 is 2.21 bits per heavy atom. The third kappa shape index (κ3) is 3.45. The Morgan fingerprint density at radius 3 is 2.89 bits per heavy atom. The highest BCUT2D eigenvalue weighted by Crippen LogP contribution is 2.25. The predicted molar refractivity (Wildman–Crippen MR) is 77.9 cm³/mol. The maximum absolute atomic E-state index is 12.1. The lowest BCUT2D eigenvalue weighted by molar-refractivity contribution is 0.102. The summed E-state index contributed by atoms with van der Waals surface area (Å²) < 4.78 is 5.93. The quantitative estimate of drug-likeness (QED) is 0.865. The third-order valence-corrected chi connectivity index (χ3v) is 3.13. The normalized spacial score (nSPS) is 10.1. The highest BCUT2D eigenvalue weighted by Gasteiger charge is 2.11. The number of pyridine rings is 1. The molecule has 98 valence electrons. The van der Waals surface area contributed by atoms with Gasteiger partial charge in [0.05, 0.1) is 12.7 Å². The standard InChI is InChI=1S/C13H10BrClN2O2/c1-19-10-6-8(14)5-9(7-10)17-13(18)11-3-2-4-16-12(11)15/h2-7H,1H3,(H,17,18). The molecule has 0 fully saturated rings. The predicted octanol–water partition coefficient (Wildman–Crippen LogP) is 3.76. The van der Waals surface area contributed by atoms with Crippen molar-refractivity contribution in [1.29, 1.82) is 0 Å². The number of rotatable bonds is 3. The van der Waals surface area contributed by atoms with Crippen LogP contribution < -0.4 is 10.1 Å². The number of amides is 1. The molecular weight excluding hydrogens is 332 g/mol. The molecule has 6 heteroatoms. The number of carbonyl (C=O) groups is 1. The van der Waals surface area contributed by atoms with Crippen molar-refractivity contribution in [3.8, 4) is 5.75 Å². The Labute approximate surface area is 123 Å². The lowest BCUT2D eigenvalue weighted by Crippen LogP contribution is -2.12. The minimum atomic E-state index is -0.321. The highest BCUT2D eigenvalue weighted by molar-refractivity contribution is 9.10. The number of halogens is 2. The summed E-state index contributed by atoms with van der Waals surface area (Å²) in [5.74, 6) is 0.320. The number of nitrogens with zero attached hydrogens (tertiary/aromatic N) is 1. The summed E-state index contributed by atoms with van der Waals surface area (Å²) >= 11 is 9.21. The molecule has 2 aromatic rings. The fraction of sp³-hybridized carbons (Fsp3) is 0.0769. The van der Waals surface area contributed by atoms with Crippen molar-refractivity contribution in [3.05, 3.63) is 51.7 Å². The number of methoxy groups -OCH3 is 1. The highest BCUT2D eigenvalue weighted by atomic mass is 79.9. The van der Waals surface area contributed by atoms with Gasteiger partial charge in [-0.05, 0) is 24.3 Å². The van der Waals surface area contributed by atoms with Crippen LogP contribution in [0.25, 0.3) is 0 Å². The van der Waals surface area contributed by atoms with Crippen molar-refractivity contribution >= 4 is 39.1 Å². The largest absolute Gasteiger partial charge is 0.497 e. The van der Waals surface area contributed by atoms with Crippen LogP contribution in [-0.2, 0) is 0 Å². The van der Waals surface area contributed by atoms with Gasteiger partial charge in [0.25, 0.3) is 5.91 Å². The molecule has 0 bridgehead atoms. The molecule has 1 aromatic heterocycles. The van der Waals surface area contributed by atoms with Gasteiger partial charge < -0.3 is 10.1 Å². The zero-order chi connectivity index (χ0) is 13.8. The number of benzene rings is 1. The summed E-state index contributed by atoms with van der Waals surface area (Å²) in [4.78, 5) is 15.9. The molecule has 0 aliphatic carbocycles. The Morgan fingerprint density at radius 1 is 1.42 bits per heavy atom. The van der Waals surface area contributed by atoms with Gasteiger partial charge in [-0.15, -0.1) is 0 Å². The van der Waals surface area contributed by atoms with Gasteiger partial charge in [-0.2, -0.15) is 0 Å². The van der Waals surface area contributed by atoms with Gasteiger partial charge in [-0.3, -0.25) is 4.79 Å². The van der Waals surface area contributed by atoms with Crippen molar-refractivity contribution in [2.75, 3.05) is 12.4 Å². The maximum atomic E-state index is 12.1. The summed E-state index contributed by atoms with van der Waals surface area (Å²) in [6.07, 6.45) is 1.53. The second-order valence-corrected chi connectivity index (χ2v) is 4.95. The van der Waals surface area contributed by atoms with Crippen LogP contribution in [0.5, 0.6) is 5.75 Å². The van der Waals surface area contributed by atoms with E-state index in [1.165, 1.54) is 6.20 Å². The monoisotopic (exact) mass is 340 g/mol. The number of aromatic nitrogens is 1. The summed E-state index contributed by atoms with van der Waals surface area (Å²) in [7, 11) is 1.56. The fourth-order valence-electron chi connectivity index (χ4n) is 1.51. The average Bonchev–Trinajstić information content (AvgIpc) is 2.38. The van der Waals surface area contributed by atoms with E-state index in [1.807, 2.05) is 0 Å². The molecular formula is C13H10BrClN2O2. The second-order valence-electron chi connectivity index (χ2n) is 3.68. The van der Waals surface area contributed by atoms with Crippen molar-refractivity contribution < 1.29 is 9.53 Å². The number of anilines is 1. The van der Waals surface area contributed by atoms with E-state index >= 15 is 0 Å². The first kappa shape index (κ1) is 13.8. The molecule has 1 aromatic carbocycles. The third-order valence-electron chi connectivity index (χ3n) is 2.37. The second kappa shape index (κ2) is 6.04. The van der Waals surface area contributed by atoms with E-state index in [-0.39, 0.29) is 11.1 Å². The van der Waals surface area contributed by atoms with E-state index in [9.17, 15) is 4.79 Å². The van der Waals surface area contributed by atoms with Gasteiger partial charge in [0.1, 0.15) is 10.9 Å². The fourth-order valence-corrected chi connectivity index (χ4v) is 2.18. The molecule has 19 heavy (non-hydrogen) atoms. The van der Waals surface area contributed by atoms with E-state index in [1.54, 1.807) is 37.4 Å². The van der Waals surface area contributed by atoms with Crippen LogP contribution in [0.3, 0.4) is 0 Å². The molecule has 4 nitrogen and oxygen atoms in total. The van der Waals surface area contributed by atoms with Gasteiger partial charge in [-0.25, -0.2) is 4.98 Å². The Balaban J connectivity index is 2.24. The zero-order valence-electron chi connectivity index (χ0n) is 9.98. The summed E-state index contributed by atoms with van der Waals surface area (Å²) in [5, 5.41) is 2.91. The first-order valence-corrected chi connectivity index (χ1v) is 6.53. The lowest BCUT2D eigenvalue weighted by Gasteiger charge is -2.08. The van der Waals surface area contributed by atoms with Crippen LogP contribution in [0.15, 0.2) is 41.0 Å². The topological polar surface area (TPSA) is 51.2 Å². The number of hydrogen-bond acceptors (Lipinski definition) is 3. The van der Waals surface area contributed by atoms with Crippen LogP contribution in [-0.4, -0.2) is 18.0 Å². The maximum Gasteiger partial charge on any atom is 0.258 e. The zero-order valence-corrected chi connectivity index (χ0v) is 12.3. The summed E-state index contributed by atoms with van der Waals surface area (Å²) in [5.41, 5.74) is 0.930. The Kier molecular flexibility index (Phi) is 4.39. The molecule has 0 aliphatic rings. The SMILES string of the molecule is COc1cc(Br)cc(NC(=O)c2cccnc2Cl)c1. The van der Waals surface area contributed by atoms with Crippen LogP contribution >= 0.6 is 27.5 Å². The Hall–Kier alpha value is -1.59. The molecule has 0 unspecified atom stereocenters. The molecule has 0 radical (unpaired) electrons. The van der Waals surface area contributed by atoms with Crippen molar-refractivity contribution in [2.24, 2.45) is 0 Å². The van der Waals surface area contributed by atoms with E-state index in [2.05, 4.69) is 26.2 Å². The minimum absolute atomic E-state index is 0.168. The summed E-state index contributed by atoms with van der Waals surface area (Å²) in [6, 6.07) is 8.55. The smallest absolute Gasteiger partial charge is 0.258 e. The number of nitrogens with one attached hydrogen (secondary N) is 1. The van der Waals surface area contributed by atoms with Crippen molar-refractivity contribution in [1.82, 2.24) is 4.98 Å². The number of hydrogen-bond donors (Lipinski definition) is 1. The van der Waals surface area contributed by atoms with Crippen LogP contribution in [0, 0.1) is 0 Å². The van der Waals surface area contributed by atoms with Crippen molar-refractivity contribution in [2.45, 2.75) is 0 Å². The molecule has 0 aliphatic heterocycles. The van der Waals surface area contributed by atoms with E-state index in [0.717, 1.165) is 4.47 Å². The van der Waals surface area contributed by atoms with Crippen molar-refractivity contribution in [3.63, 3.8) is 0 Å². The minimum Gasteiger partial charge on any atom is -0.497 e. The molecule has 1 amide bonds. The van der Waals surface area contributed by atoms with Gasteiger partial charge >= 0.3 is 0 Å².